The minimum atomic E-state index is -4.30. The minimum absolute atomic E-state index is 0.0130. The highest BCUT2D eigenvalue weighted by Crippen LogP contribution is 2.37. The van der Waals surface area contributed by atoms with E-state index >= 15 is 0 Å². The van der Waals surface area contributed by atoms with Crippen LogP contribution in [0.15, 0.2) is 24.3 Å². The van der Waals surface area contributed by atoms with Gasteiger partial charge in [-0.15, -0.1) is 0 Å². The molecule has 1 unspecified atom stereocenters. The summed E-state index contributed by atoms with van der Waals surface area (Å²) in [5, 5.41) is 13.6. The van der Waals surface area contributed by atoms with Crippen LogP contribution in [0.25, 0.3) is 0 Å². The topological polar surface area (TPSA) is 276 Å². The van der Waals surface area contributed by atoms with E-state index in [1.54, 1.807) is 13.8 Å². The Morgan fingerprint density at radius 2 is 1.32 bits per heavy atom. The highest BCUT2D eigenvalue weighted by atomic mass is 31.2. The molecule has 2 saturated heterocycles. The molecule has 19 nitrogen and oxygen atoms in total. The first kappa shape index (κ1) is 51.4. The highest BCUT2D eigenvalue weighted by Gasteiger charge is 2.43. The standard InChI is InChI=1S/C41H64BN8O11P/c1-8-24(5)34(47-36(53)29(45-26(7)51)21-27-14-16-28(17-15-27)61-62(42,59)60)39(56)48-35(25(6)9-2)41(58)50-19-11-13-32(50)38(55)46-30(20-23(3)4)40(57)49-18-10-12-31(49)37(54)44-22-33(43)52/h14-17,23-25,29-32,34-35H,8-13,18-22H2,1-7H3,(H2,43,52)(H,44,54)(H,45,51)(H,46,55)(H,47,53)(H,48,56)(H,59,60)/t24-,25-,29-,30-,31-,32-,34-,35-/m0/s1. The van der Waals surface area contributed by atoms with E-state index in [9.17, 15) is 47.8 Å². The Balaban J connectivity index is 1.80. The van der Waals surface area contributed by atoms with Gasteiger partial charge < -0.3 is 51.5 Å². The van der Waals surface area contributed by atoms with Crippen molar-refractivity contribution in [2.75, 3.05) is 19.6 Å². The molecule has 2 radical (unpaired) electrons. The average Bonchev–Trinajstić information content (AvgIpc) is 3.90. The van der Waals surface area contributed by atoms with Crippen LogP contribution >= 0.6 is 7.47 Å². The molecule has 0 saturated carbocycles. The summed E-state index contributed by atoms with van der Waals surface area (Å²) >= 11 is 0. The summed E-state index contributed by atoms with van der Waals surface area (Å²) in [5.41, 5.74) is 5.74. The van der Waals surface area contributed by atoms with E-state index in [2.05, 4.69) is 26.6 Å². The van der Waals surface area contributed by atoms with Gasteiger partial charge in [0.25, 0.3) is 7.57 Å². The second-order valence-electron chi connectivity index (χ2n) is 16.8. The van der Waals surface area contributed by atoms with Gasteiger partial charge in [0, 0.05) is 26.4 Å². The van der Waals surface area contributed by atoms with Crippen LogP contribution in [0.3, 0.4) is 0 Å². The van der Waals surface area contributed by atoms with Crippen LogP contribution < -0.4 is 36.8 Å². The van der Waals surface area contributed by atoms with E-state index in [-0.39, 0.29) is 44.1 Å². The molecule has 0 spiro atoms. The smallest absolute Gasteiger partial charge is 0.306 e. The number of carbonyl (C=O) groups excluding carboxylic acids is 8. The Morgan fingerprint density at radius 1 is 0.790 bits per heavy atom. The van der Waals surface area contributed by atoms with Gasteiger partial charge in [-0.1, -0.05) is 66.5 Å². The van der Waals surface area contributed by atoms with Crippen molar-refractivity contribution in [3.05, 3.63) is 29.8 Å². The van der Waals surface area contributed by atoms with Crippen molar-refractivity contribution in [1.82, 2.24) is 36.4 Å². The zero-order valence-corrected chi connectivity index (χ0v) is 37.7. The monoisotopic (exact) mass is 886 g/mol. The van der Waals surface area contributed by atoms with Crippen molar-refractivity contribution >= 4 is 62.3 Å². The van der Waals surface area contributed by atoms with E-state index in [0.29, 0.717) is 44.1 Å². The molecule has 3 rings (SSSR count). The highest BCUT2D eigenvalue weighted by molar-refractivity contribution is 7.79. The molecule has 2 aliphatic heterocycles. The van der Waals surface area contributed by atoms with Crippen LogP contribution in [0.1, 0.15) is 99.0 Å². The number of hydrogen-bond donors (Lipinski definition) is 7. The van der Waals surface area contributed by atoms with Gasteiger partial charge in [-0.05, 0) is 67.6 Å². The average molecular weight is 887 g/mol. The van der Waals surface area contributed by atoms with E-state index < -0.39 is 103 Å². The van der Waals surface area contributed by atoms with Crippen LogP contribution in [0.4, 0.5) is 0 Å². The largest absolute Gasteiger partial charge is 0.433 e. The molecule has 9 atom stereocenters. The molecule has 342 valence electrons. The summed E-state index contributed by atoms with van der Waals surface area (Å²) in [7, 11) is 0.776. The van der Waals surface area contributed by atoms with Crippen LogP contribution in [0, 0.1) is 17.8 Å². The van der Waals surface area contributed by atoms with Gasteiger partial charge in [0.2, 0.25) is 47.3 Å². The number of nitrogens with two attached hydrogens (primary N) is 1. The first-order valence-electron chi connectivity index (χ1n) is 21.3. The summed E-state index contributed by atoms with van der Waals surface area (Å²) in [6.07, 6.45) is 2.92. The maximum Gasteiger partial charge on any atom is 0.306 e. The van der Waals surface area contributed by atoms with Gasteiger partial charge >= 0.3 is 7.47 Å². The molecule has 2 heterocycles. The molecule has 2 aliphatic rings. The van der Waals surface area contributed by atoms with E-state index in [1.807, 2.05) is 27.7 Å². The second-order valence-corrected chi connectivity index (χ2v) is 18.1. The second kappa shape index (κ2) is 23.5. The number of rotatable bonds is 22. The number of nitrogens with zero attached hydrogens (tertiary/aromatic N) is 2. The fraction of sp³-hybridized carbons (Fsp3) is 0.659. The summed E-state index contributed by atoms with van der Waals surface area (Å²) < 4.78 is 16.2. The van der Waals surface area contributed by atoms with Gasteiger partial charge in [0.15, 0.2) is 0 Å². The van der Waals surface area contributed by atoms with Gasteiger partial charge in [-0.3, -0.25) is 42.9 Å². The number of amides is 8. The molecular weight excluding hydrogens is 822 g/mol. The molecule has 2 fully saturated rings. The fourth-order valence-corrected chi connectivity index (χ4v) is 8.07. The summed E-state index contributed by atoms with van der Waals surface area (Å²) in [6.45, 7) is 12.4. The number of carbonyl (C=O) groups is 8. The maximum atomic E-state index is 14.4. The van der Waals surface area contributed by atoms with Crippen molar-refractivity contribution in [3.63, 3.8) is 0 Å². The molecule has 1 aromatic rings. The first-order chi connectivity index (χ1) is 29.1. The van der Waals surface area contributed by atoms with Crippen LogP contribution in [0.2, 0.25) is 0 Å². The van der Waals surface area contributed by atoms with Crippen molar-refractivity contribution in [2.24, 2.45) is 23.5 Å². The Bertz CT molecular complexity index is 1830. The number of primary amides is 1. The molecular formula is C41H64BN8O11P. The van der Waals surface area contributed by atoms with Gasteiger partial charge in [0.05, 0.1) is 6.54 Å². The lowest BCUT2D eigenvalue weighted by molar-refractivity contribution is -0.145. The third-order valence-corrected chi connectivity index (χ3v) is 11.8. The van der Waals surface area contributed by atoms with Crippen LogP contribution in [-0.2, 0) is 49.3 Å². The zero-order chi connectivity index (χ0) is 46.5. The van der Waals surface area contributed by atoms with Crippen LogP contribution in [-0.4, -0.2) is 125 Å². The number of hydrogen-bond acceptors (Lipinski definition) is 10. The Kier molecular flexibility index (Phi) is 19.5. The van der Waals surface area contributed by atoms with E-state index in [4.69, 9.17) is 17.8 Å². The normalized spacial score (nSPS) is 20.1. The van der Waals surface area contributed by atoms with Crippen LogP contribution in [0.5, 0.6) is 5.75 Å². The third kappa shape index (κ3) is 15.1. The van der Waals surface area contributed by atoms with E-state index in [0.717, 1.165) is 0 Å². The van der Waals surface area contributed by atoms with Gasteiger partial charge in [-0.2, -0.15) is 0 Å². The summed E-state index contributed by atoms with van der Waals surface area (Å²) in [5.74, 6) is -5.34. The molecule has 8 N–H and O–H groups in total. The minimum Gasteiger partial charge on any atom is -0.433 e. The molecule has 62 heavy (non-hydrogen) atoms. The van der Waals surface area contributed by atoms with Crippen molar-refractivity contribution in [3.8, 4) is 5.75 Å². The molecule has 8 amide bonds. The number of nitrogens with one attached hydrogen (secondary N) is 5. The lowest BCUT2D eigenvalue weighted by Crippen LogP contribution is -2.61. The Hall–Kier alpha value is -4.97. The SMILES string of the molecule is [B]P(=O)(O)Oc1ccc(C[C@H](NC(C)=O)C(=O)N[C@H](C(=O)N[C@H](C(=O)N2CCC[C@H]2C(=O)N[C@@H](CC(C)C)C(=O)N2CCC[C@H]2C(=O)NCC(N)=O)[C@@H](C)CC)[C@@H](C)CC)cc1. The first-order valence-corrected chi connectivity index (χ1v) is 23.0. The van der Waals surface area contributed by atoms with Gasteiger partial charge in [-0.25, -0.2) is 0 Å². The fourth-order valence-electron chi connectivity index (χ4n) is 7.65. The predicted molar refractivity (Wildman–Crippen MR) is 230 cm³/mol. The molecule has 0 aromatic heterocycles. The number of benzene rings is 1. The van der Waals surface area contributed by atoms with Crippen molar-refractivity contribution in [2.45, 2.75) is 136 Å². The Labute approximate surface area is 365 Å². The van der Waals surface area contributed by atoms with Gasteiger partial charge in [0.1, 0.15) is 42.0 Å². The van der Waals surface area contributed by atoms with Crippen molar-refractivity contribution in [1.29, 1.82) is 0 Å². The van der Waals surface area contributed by atoms with Crippen molar-refractivity contribution < 1.29 is 52.3 Å². The summed E-state index contributed by atoms with van der Waals surface area (Å²) in [6, 6.07) is -0.298. The summed E-state index contributed by atoms with van der Waals surface area (Å²) in [4.78, 5) is 119. The molecule has 1 aromatic carbocycles. The maximum absolute atomic E-state index is 14.4. The third-order valence-electron chi connectivity index (χ3n) is 11.3. The Morgan fingerprint density at radius 3 is 1.84 bits per heavy atom. The lowest BCUT2D eigenvalue weighted by Gasteiger charge is -2.34. The lowest BCUT2D eigenvalue weighted by atomic mass is 9.94. The zero-order valence-electron chi connectivity index (χ0n) is 36.8. The molecule has 0 bridgehead atoms. The number of likely N-dealkylation sites (tertiary alicyclic amines) is 2. The van der Waals surface area contributed by atoms with E-state index in [1.165, 1.54) is 41.0 Å². The quantitative estimate of drug-likeness (QED) is 0.0624. The molecule has 0 aliphatic carbocycles. The molecule has 21 heteroatoms. The predicted octanol–water partition coefficient (Wildman–Crippen LogP) is 0.558.